The molecule has 0 bridgehead atoms. The van der Waals surface area contributed by atoms with Gasteiger partial charge in [-0.1, -0.05) is 25.1 Å². The van der Waals surface area contributed by atoms with Gasteiger partial charge in [-0.3, -0.25) is 4.31 Å². The van der Waals surface area contributed by atoms with E-state index in [1.54, 1.807) is 12.1 Å². The van der Waals surface area contributed by atoms with Gasteiger partial charge < -0.3 is 9.47 Å². The molecule has 1 aliphatic rings. The quantitative estimate of drug-likeness (QED) is 0.853. The van der Waals surface area contributed by atoms with Crippen molar-refractivity contribution in [2.75, 3.05) is 25.1 Å². The van der Waals surface area contributed by atoms with Gasteiger partial charge in [0.15, 0.2) is 11.5 Å². The highest BCUT2D eigenvalue weighted by molar-refractivity contribution is 7.92. The van der Waals surface area contributed by atoms with Crippen LogP contribution >= 0.6 is 0 Å². The fraction of sp³-hybridized carbons (Fsp3) is 0.333. The van der Waals surface area contributed by atoms with E-state index in [0.29, 0.717) is 18.0 Å². The molecule has 0 saturated heterocycles. The highest BCUT2D eigenvalue weighted by Crippen LogP contribution is 2.36. The summed E-state index contributed by atoms with van der Waals surface area (Å²) in [5.74, 6) is 1.16. The van der Waals surface area contributed by atoms with Crippen LogP contribution in [-0.2, 0) is 16.4 Å². The Bertz CT molecular complexity index is 848. The number of benzene rings is 2. The van der Waals surface area contributed by atoms with Crippen LogP contribution in [0.3, 0.4) is 0 Å². The molecule has 1 unspecified atom stereocenters. The Morgan fingerprint density at radius 2 is 1.75 bits per heavy atom. The Hall–Kier alpha value is -2.21. The second-order valence-corrected chi connectivity index (χ2v) is 7.85. The molecular formula is C18H21NO4S. The number of methoxy groups -OCH3 is 2. The smallest absolute Gasteiger partial charge is 0.264 e. The lowest BCUT2D eigenvalue weighted by Crippen LogP contribution is -2.39. The number of hydrogen-bond acceptors (Lipinski definition) is 4. The topological polar surface area (TPSA) is 55.8 Å². The summed E-state index contributed by atoms with van der Waals surface area (Å²) >= 11 is 0. The highest BCUT2D eigenvalue weighted by Gasteiger charge is 2.32. The van der Waals surface area contributed by atoms with Gasteiger partial charge in [0.25, 0.3) is 10.0 Å². The molecular weight excluding hydrogens is 326 g/mol. The third kappa shape index (κ3) is 2.82. The van der Waals surface area contributed by atoms with E-state index >= 15 is 0 Å². The van der Waals surface area contributed by atoms with Crippen molar-refractivity contribution in [1.82, 2.24) is 0 Å². The summed E-state index contributed by atoms with van der Waals surface area (Å²) < 4.78 is 38.3. The first kappa shape index (κ1) is 16.6. The van der Waals surface area contributed by atoms with E-state index in [9.17, 15) is 8.42 Å². The number of anilines is 1. The highest BCUT2D eigenvalue weighted by atomic mass is 32.2. The van der Waals surface area contributed by atoms with Gasteiger partial charge >= 0.3 is 0 Å². The number of fused-ring (bicyclic) bond motifs is 1. The maximum absolute atomic E-state index is 13.2. The van der Waals surface area contributed by atoms with Crippen LogP contribution in [-0.4, -0.2) is 29.2 Å². The van der Waals surface area contributed by atoms with Crippen molar-refractivity contribution in [3.8, 4) is 11.5 Å². The van der Waals surface area contributed by atoms with Gasteiger partial charge in [0.1, 0.15) is 0 Å². The Morgan fingerprint density at radius 1 is 1.04 bits per heavy atom. The van der Waals surface area contributed by atoms with E-state index in [-0.39, 0.29) is 10.8 Å². The van der Waals surface area contributed by atoms with E-state index in [4.69, 9.17) is 9.47 Å². The van der Waals surface area contributed by atoms with E-state index < -0.39 is 10.0 Å². The molecule has 0 spiro atoms. The molecule has 0 saturated carbocycles. The lowest BCUT2D eigenvalue weighted by Gasteiger charge is -2.34. The number of hydrogen-bond donors (Lipinski definition) is 0. The third-order valence-electron chi connectivity index (χ3n) is 4.25. The van der Waals surface area contributed by atoms with Gasteiger partial charge in [-0.05, 0) is 36.1 Å². The predicted molar refractivity (Wildman–Crippen MR) is 93.4 cm³/mol. The van der Waals surface area contributed by atoms with Crippen LogP contribution in [0.1, 0.15) is 12.5 Å². The molecule has 0 amide bonds. The van der Waals surface area contributed by atoms with Crippen molar-refractivity contribution in [2.24, 2.45) is 5.92 Å². The summed E-state index contributed by atoms with van der Waals surface area (Å²) in [6.07, 6.45) is 0.883. The zero-order chi connectivity index (χ0) is 17.3. The number of nitrogens with zero attached hydrogens (tertiary/aromatic N) is 1. The lowest BCUT2D eigenvalue weighted by molar-refractivity contribution is 0.354. The van der Waals surface area contributed by atoms with Crippen molar-refractivity contribution in [2.45, 2.75) is 18.2 Å². The minimum atomic E-state index is -3.67. The zero-order valence-electron chi connectivity index (χ0n) is 14.0. The van der Waals surface area contributed by atoms with Gasteiger partial charge in [0.05, 0.1) is 24.8 Å². The van der Waals surface area contributed by atoms with Crippen LogP contribution in [0.2, 0.25) is 0 Å². The molecule has 0 radical (unpaired) electrons. The molecule has 5 nitrogen and oxygen atoms in total. The van der Waals surface area contributed by atoms with Crippen LogP contribution in [0, 0.1) is 5.92 Å². The molecule has 1 heterocycles. The number of rotatable bonds is 4. The second-order valence-electron chi connectivity index (χ2n) is 5.99. The standard InChI is InChI=1S/C18H21NO4S/c1-13-10-14-6-4-5-7-16(14)19(12-13)24(20,21)15-8-9-17(22-2)18(11-15)23-3/h4-9,11,13H,10,12H2,1-3H3. The summed E-state index contributed by atoms with van der Waals surface area (Å²) in [5, 5.41) is 0. The molecule has 0 aromatic heterocycles. The van der Waals surface area contributed by atoms with Crippen LogP contribution in [0.15, 0.2) is 47.4 Å². The van der Waals surface area contributed by atoms with Crippen LogP contribution in [0.25, 0.3) is 0 Å². The van der Waals surface area contributed by atoms with Gasteiger partial charge in [-0.2, -0.15) is 0 Å². The SMILES string of the molecule is COc1ccc(S(=O)(=O)N2CC(C)Cc3ccccc32)cc1OC. The van der Waals surface area contributed by atoms with Gasteiger partial charge in [-0.25, -0.2) is 8.42 Å². The number of sulfonamides is 1. The third-order valence-corrected chi connectivity index (χ3v) is 6.02. The van der Waals surface area contributed by atoms with E-state index in [1.807, 2.05) is 24.3 Å². The molecule has 0 fully saturated rings. The Labute approximate surface area is 142 Å². The molecule has 128 valence electrons. The van der Waals surface area contributed by atoms with Crippen LogP contribution in [0.4, 0.5) is 5.69 Å². The minimum absolute atomic E-state index is 0.198. The molecule has 2 aromatic rings. The minimum Gasteiger partial charge on any atom is -0.493 e. The first-order valence-corrected chi connectivity index (χ1v) is 9.24. The fourth-order valence-electron chi connectivity index (χ4n) is 3.08. The summed E-state index contributed by atoms with van der Waals surface area (Å²) in [7, 11) is -0.653. The molecule has 1 atom stereocenters. The van der Waals surface area contributed by atoms with E-state index in [1.165, 1.54) is 24.6 Å². The lowest BCUT2D eigenvalue weighted by atomic mass is 9.96. The Balaban J connectivity index is 2.08. The van der Waals surface area contributed by atoms with Crippen molar-refractivity contribution in [3.63, 3.8) is 0 Å². The van der Waals surface area contributed by atoms with E-state index in [2.05, 4.69) is 6.92 Å². The second kappa shape index (κ2) is 6.36. The first-order chi connectivity index (χ1) is 11.5. The van der Waals surface area contributed by atoms with Crippen molar-refractivity contribution < 1.29 is 17.9 Å². The number of para-hydroxylation sites is 1. The first-order valence-electron chi connectivity index (χ1n) is 7.80. The average molecular weight is 347 g/mol. The van der Waals surface area contributed by atoms with Crippen LogP contribution < -0.4 is 13.8 Å². The maximum atomic E-state index is 13.2. The Kier molecular flexibility index (Phi) is 4.41. The van der Waals surface area contributed by atoms with Gasteiger partial charge in [-0.15, -0.1) is 0 Å². The fourth-order valence-corrected chi connectivity index (χ4v) is 4.72. The van der Waals surface area contributed by atoms with Gasteiger partial charge in [0, 0.05) is 12.6 Å². The molecule has 1 aliphatic heterocycles. The van der Waals surface area contributed by atoms with E-state index in [0.717, 1.165) is 17.7 Å². The van der Waals surface area contributed by atoms with Crippen molar-refractivity contribution >= 4 is 15.7 Å². The normalized spacial score (nSPS) is 17.3. The maximum Gasteiger partial charge on any atom is 0.264 e. The molecule has 0 aliphatic carbocycles. The molecule has 0 N–H and O–H groups in total. The van der Waals surface area contributed by atoms with Crippen molar-refractivity contribution in [1.29, 1.82) is 0 Å². The monoisotopic (exact) mass is 347 g/mol. The zero-order valence-corrected chi connectivity index (χ0v) is 14.8. The molecule has 3 rings (SSSR count). The molecule has 2 aromatic carbocycles. The molecule has 6 heteroatoms. The average Bonchev–Trinajstić information content (AvgIpc) is 2.60. The summed E-state index contributed by atoms with van der Waals surface area (Å²) in [6.45, 7) is 2.53. The summed E-state index contributed by atoms with van der Waals surface area (Å²) in [4.78, 5) is 0.198. The van der Waals surface area contributed by atoms with Crippen LogP contribution in [0.5, 0.6) is 11.5 Å². The summed E-state index contributed by atoms with van der Waals surface area (Å²) in [5.41, 5.74) is 1.81. The summed E-state index contributed by atoms with van der Waals surface area (Å²) in [6, 6.07) is 12.3. The largest absolute Gasteiger partial charge is 0.493 e. The van der Waals surface area contributed by atoms with Gasteiger partial charge in [0.2, 0.25) is 0 Å². The predicted octanol–water partition coefficient (Wildman–Crippen LogP) is 3.09. The molecule has 24 heavy (non-hydrogen) atoms. The van der Waals surface area contributed by atoms with Crippen molar-refractivity contribution in [3.05, 3.63) is 48.0 Å². The number of ether oxygens (including phenoxy) is 2. The Morgan fingerprint density at radius 3 is 2.46 bits per heavy atom.